The van der Waals surface area contributed by atoms with Gasteiger partial charge in [-0.15, -0.1) is 11.3 Å². The van der Waals surface area contributed by atoms with Gasteiger partial charge in [0.2, 0.25) is 11.8 Å². The van der Waals surface area contributed by atoms with E-state index in [0.29, 0.717) is 24.3 Å². The molecule has 12 heteroatoms. The molecule has 0 radical (unpaired) electrons. The average Bonchev–Trinajstić information content (AvgIpc) is 3.43. The summed E-state index contributed by atoms with van der Waals surface area (Å²) in [5.74, 6) is -4.05. The number of rotatable bonds is 6. The number of carbonyl (C=O) groups excluding carboxylic acids is 5. The molecule has 1 aromatic rings. The minimum Gasteiger partial charge on any atom is -0.452 e. The number of likely N-dealkylation sites (N-methyl/N-ethyl adjacent to an activating group) is 1. The summed E-state index contributed by atoms with van der Waals surface area (Å²) in [5, 5.41) is 10.8. The molecule has 0 spiro atoms. The molecule has 0 aromatic carbocycles. The quantitative estimate of drug-likeness (QED) is 0.420. The lowest BCUT2D eigenvalue weighted by Gasteiger charge is -2.35. The Morgan fingerprint density at radius 2 is 1.60 bits per heavy atom. The molecular weight excluding hydrogens is 558 g/mol. The number of nitrogens with zero attached hydrogens (tertiary/aromatic N) is 2. The van der Waals surface area contributed by atoms with Crippen molar-refractivity contribution in [3.8, 4) is 0 Å². The van der Waals surface area contributed by atoms with Gasteiger partial charge >= 0.3 is 5.97 Å². The monoisotopic (exact) mass is 607 g/mol. The van der Waals surface area contributed by atoms with Crippen LogP contribution in [0, 0.1) is 23.7 Å². The molecular formula is C30H49N5O6S. The number of amides is 4. The Balaban J connectivity index is 2.60. The minimum absolute atomic E-state index is 0.181. The van der Waals surface area contributed by atoms with E-state index in [1.165, 1.54) is 16.2 Å². The molecule has 7 atom stereocenters. The standard InChI is InChI=1S/C30H49N5O6S/c1-11-13-20-18(8)30(40)41-24(17(7)12-2)27(38)34-22(15(3)4)29(39)35(10)23(16(5)6)26(37)31-19(9)28-33-21(14-42-28)25(36)32-20/h14-20,22-24H,11-13H2,1-10H3,(H,31,37)(H,32,36)(H,34,38)/t17-,18+,19+,20-,22+,23+,24+/m1/s1. The predicted molar refractivity (Wildman–Crippen MR) is 161 cm³/mol. The Morgan fingerprint density at radius 3 is 2.14 bits per heavy atom. The fraction of sp³-hybridized carbons (Fsp3) is 0.733. The molecule has 1 aromatic heterocycles. The first-order valence-electron chi connectivity index (χ1n) is 15.0. The van der Waals surface area contributed by atoms with Crippen LogP contribution < -0.4 is 16.0 Å². The first-order chi connectivity index (χ1) is 19.6. The minimum atomic E-state index is -1.14. The van der Waals surface area contributed by atoms with Crippen molar-refractivity contribution >= 4 is 40.9 Å². The number of fused-ring (bicyclic) bond motifs is 2. The van der Waals surface area contributed by atoms with E-state index in [2.05, 4.69) is 20.9 Å². The van der Waals surface area contributed by atoms with Crippen LogP contribution in [0.4, 0.5) is 0 Å². The fourth-order valence-corrected chi connectivity index (χ4v) is 5.83. The summed E-state index contributed by atoms with van der Waals surface area (Å²) in [6.07, 6.45) is 0.620. The van der Waals surface area contributed by atoms with Gasteiger partial charge in [-0.2, -0.15) is 0 Å². The van der Waals surface area contributed by atoms with Gasteiger partial charge in [0, 0.05) is 24.4 Å². The van der Waals surface area contributed by atoms with E-state index in [4.69, 9.17) is 4.74 Å². The van der Waals surface area contributed by atoms with Crippen LogP contribution in [0.15, 0.2) is 5.38 Å². The lowest BCUT2D eigenvalue weighted by Crippen LogP contribution is -2.59. The van der Waals surface area contributed by atoms with Crippen LogP contribution in [0.3, 0.4) is 0 Å². The molecule has 11 nitrogen and oxygen atoms in total. The second kappa shape index (κ2) is 15.5. The van der Waals surface area contributed by atoms with Gasteiger partial charge in [0.05, 0.1) is 12.0 Å². The number of aromatic nitrogens is 1. The Morgan fingerprint density at radius 1 is 0.952 bits per heavy atom. The zero-order chi connectivity index (χ0) is 31.9. The van der Waals surface area contributed by atoms with Crippen molar-refractivity contribution in [2.24, 2.45) is 23.7 Å². The largest absolute Gasteiger partial charge is 0.452 e. The molecule has 4 amide bonds. The van der Waals surface area contributed by atoms with E-state index >= 15 is 0 Å². The molecule has 0 saturated carbocycles. The van der Waals surface area contributed by atoms with Gasteiger partial charge in [0.25, 0.3) is 11.8 Å². The van der Waals surface area contributed by atoms with Crippen molar-refractivity contribution < 1.29 is 28.7 Å². The summed E-state index contributed by atoms with van der Waals surface area (Å²) in [6, 6.07) is -2.85. The Kier molecular flexibility index (Phi) is 12.9. The van der Waals surface area contributed by atoms with Crippen molar-refractivity contribution in [2.75, 3.05) is 7.05 Å². The zero-order valence-corrected chi connectivity index (χ0v) is 27.5. The second-order valence-electron chi connectivity index (χ2n) is 12.1. The normalized spacial score (nSPS) is 27.9. The first kappa shape index (κ1) is 35.2. The third-order valence-corrected chi connectivity index (χ3v) is 8.96. The lowest BCUT2D eigenvalue weighted by atomic mass is 9.95. The van der Waals surface area contributed by atoms with Gasteiger partial charge in [-0.05, 0) is 38.5 Å². The van der Waals surface area contributed by atoms with Crippen molar-refractivity contribution in [3.63, 3.8) is 0 Å². The molecule has 0 fully saturated rings. The molecule has 2 heterocycles. The maximum absolute atomic E-state index is 13.8. The molecule has 236 valence electrons. The number of thiazole rings is 1. The van der Waals surface area contributed by atoms with Crippen LogP contribution in [0.5, 0.6) is 0 Å². The van der Waals surface area contributed by atoms with Gasteiger partial charge in [-0.25, -0.2) is 4.98 Å². The predicted octanol–water partition coefficient (Wildman–Crippen LogP) is 3.45. The van der Waals surface area contributed by atoms with Crippen LogP contribution in [-0.4, -0.2) is 70.8 Å². The second-order valence-corrected chi connectivity index (χ2v) is 13.0. The molecule has 0 unspecified atom stereocenters. The Bertz CT molecular complexity index is 1120. The van der Waals surface area contributed by atoms with Crippen molar-refractivity contribution in [3.05, 3.63) is 16.1 Å². The molecule has 2 bridgehead atoms. The van der Waals surface area contributed by atoms with Crippen LogP contribution in [-0.2, 0) is 23.9 Å². The van der Waals surface area contributed by atoms with Gasteiger partial charge in [-0.3, -0.25) is 24.0 Å². The summed E-state index contributed by atoms with van der Waals surface area (Å²) >= 11 is 1.24. The number of esters is 1. The van der Waals surface area contributed by atoms with Crippen LogP contribution in [0.1, 0.15) is 103 Å². The molecule has 42 heavy (non-hydrogen) atoms. The summed E-state index contributed by atoms with van der Waals surface area (Å²) < 4.78 is 5.81. The fourth-order valence-electron chi connectivity index (χ4n) is 5.02. The van der Waals surface area contributed by atoms with E-state index in [-0.39, 0.29) is 29.4 Å². The summed E-state index contributed by atoms with van der Waals surface area (Å²) in [7, 11) is 1.55. The molecule has 0 saturated heterocycles. The maximum Gasteiger partial charge on any atom is 0.311 e. The number of nitrogens with one attached hydrogen (secondary N) is 3. The first-order valence-corrected chi connectivity index (χ1v) is 15.9. The van der Waals surface area contributed by atoms with E-state index in [9.17, 15) is 24.0 Å². The molecule has 2 rings (SSSR count). The third kappa shape index (κ3) is 8.52. The third-order valence-electron chi connectivity index (χ3n) is 7.93. The smallest absolute Gasteiger partial charge is 0.311 e. The Labute approximate surface area is 253 Å². The number of ether oxygens (including phenoxy) is 1. The molecule has 3 N–H and O–H groups in total. The van der Waals surface area contributed by atoms with E-state index in [0.717, 1.165) is 0 Å². The molecule has 0 aliphatic carbocycles. The zero-order valence-electron chi connectivity index (χ0n) is 26.6. The van der Waals surface area contributed by atoms with Crippen LogP contribution in [0.2, 0.25) is 0 Å². The van der Waals surface area contributed by atoms with E-state index < -0.39 is 59.9 Å². The van der Waals surface area contributed by atoms with Gasteiger partial charge in [0.1, 0.15) is 22.8 Å². The van der Waals surface area contributed by atoms with Crippen LogP contribution >= 0.6 is 11.3 Å². The van der Waals surface area contributed by atoms with Gasteiger partial charge in [-0.1, -0.05) is 54.9 Å². The summed E-state index contributed by atoms with van der Waals surface area (Å²) in [4.78, 5) is 73.3. The van der Waals surface area contributed by atoms with E-state index in [1.807, 2.05) is 41.5 Å². The highest BCUT2D eigenvalue weighted by Gasteiger charge is 2.39. The lowest BCUT2D eigenvalue weighted by molar-refractivity contribution is -0.164. The molecule has 1 aliphatic heterocycles. The van der Waals surface area contributed by atoms with Gasteiger partial charge < -0.3 is 25.6 Å². The SMILES string of the molecule is CCC[C@H]1NC(=O)c2csc(n2)[C@H](C)NC(=O)[C@H](C(C)C)N(C)C(=O)[C@H](C(C)C)NC(=O)[C@H]([C@H](C)CC)OC(=O)[C@H]1C. The average molecular weight is 608 g/mol. The highest BCUT2D eigenvalue weighted by atomic mass is 32.1. The number of cyclic esters (lactones) is 1. The van der Waals surface area contributed by atoms with Crippen molar-refractivity contribution in [1.29, 1.82) is 0 Å². The van der Waals surface area contributed by atoms with Crippen molar-refractivity contribution in [2.45, 2.75) is 112 Å². The highest BCUT2D eigenvalue weighted by Crippen LogP contribution is 2.23. The summed E-state index contributed by atoms with van der Waals surface area (Å²) in [5.41, 5.74) is 0.181. The topological polar surface area (TPSA) is 147 Å². The molecule has 1 aliphatic rings. The van der Waals surface area contributed by atoms with Crippen LogP contribution in [0.25, 0.3) is 0 Å². The van der Waals surface area contributed by atoms with Gasteiger partial charge in [0.15, 0.2) is 6.10 Å². The number of carbonyl (C=O) groups is 5. The van der Waals surface area contributed by atoms with Crippen molar-refractivity contribution in [1.82, 2.24) is 25.8 Å². The summed E-state index contributed by atoms with van der Waals surface area (Å²) in [6.45, 7) is 16.4. The number of hydrogen-bond acceptors (Lipinski definition) is 8. The number of hydrogen-bond donors (Lipinski definition) is 3. The Hall–Kier alpha value is -3.02. The highest BCUT2D eigenvalue weighted by molar-refractivity contribution is 7.09. The van der Waals surface area contributed by atoms with E-state index in [1.54, 1.807) is 33.2 Å². The maximum atomic E-state index is 13.8.